The van der Waals surface area contributed by atoms with Crippen molar-refractivity contribution in [3.63, 3.8) is 0 Å². The van der Waals surface area contributed by atoms with Crippen molar-refractivity contribution in [2.45, 2.75) is 13.8 Å². The molecule has 0 aromatic rings. The Morgan fingerprint density at radius 3 is 2.44 bits per heavy atom. The first kappa shape index (κ1) is 6.14. The standard InChI is InChI=1S/C8H10O/c1-6-4-7(2)9-8(3)5-6/h4-5H,2H2,1,3H3. The Balaban J connectivity index is 2.86. The van der Waals surface area contributed by atoms with Gasteiger partial charge in [0.2, 0.25) is 0 Å². The minimum atomic E-state index is 0.729. The molecular weight excluding hydrogens is 112 g/mol. The molecule has 0 unspecified atom stereocenters. The number of rotatable bonds is 0. The normalized spacial score (nSPS) is 18.2. The van der Waals surface area contributed by atoms with Gasteiger partial charge in [-0.05, 0) is 31.6 Å². The van der Waals surface area contributed by atoms with E-state index in [1.807, 2.05) is 26.0 Å². The summed E-state index contributed by atoms with van der Waals surface area (Å²) in [4.78, 5) is 0. The van der Waals surface area contributed by atoms with Crippen molar-refractivity contribution in [3.05, 3.63) is 35.8 Å². The molecule has 0 aromatic carbocycles. The van der Waals surface area contributed by atoms with Crippen molar-refractivity contribution < 1.29 is 4.74 Å². The fourth-order valence-electron chi connectivity index (χ4n) is 0.882. The molecule has 0 amide bonds. The third-order valence-electron chi connectivity index (χ3n) is 1.11. The molecule has 1 aliphatic heterocycles. The molecule has 0 saturated carbocycles. The molecule has 1 heteroatoms. The lowest BCUT2D eigenvalue weighted by atomic mass is 10.2. The first-order valence-electron chi connectivity index (χ1n) is 2.92. The molecule has 1 aliphatic rings. The Hall–Kier alpha value is -0.980. The highest BCUT2D eigenvalue weighted by Crippen LogP contribution is 2.15. The highest BCUT2D eigenvalue weighted by Gasteiger charge is 1.99. The van der Waals surface area contributed by atoms with Gasteiger partial charge in [0.1, 0.15) is 11.5 Å². The fraction of sp³-hybridized carbons (Fsp3) is 0.250. The molecule has 0 spiro atoms. The van der Waals surface area contributed by atoms with E-state index in [2.05, 4.69) is 6.58 Å². The first-order chi connectivity index (χ1) is 4.18. The molecule has 0 radical (unpaired) electrons. The maximum absolute atomic E-state index is 5.15. The van der Waals surface area contributed by atoms with Crippen LogP contribution in [0.1, 0.15) is 13.8 Å². The summed E-state index contributed by atoms with van der Waals surface area (Å²) >= 11 is 0. The monoisotopic (exact) mass is 122 g/mol. The Bertz CT molecular complexity index is 197. The number of ether oxygens (including phenoxy) is 1. The topological polar surface area (TPSA) is 9.23 Å². The molecule has 0 bridgehead atoms. The van der Waals surface area contributed by atoms with Gasteiger partial charge in [0, 0.05) is 0 Å². The van der Waals surface area contributed by atoms with Gasteiger partial charge in [-0.1, -0.05) is 6.58 Å². The minimum absolute atomic E-state index is 0.729. The second-order valence-electron chi connectivity index (χ2n) is 2.21. The van der Waals surface area contributed by atoms with E-state index in [1.54, 1.807) is 0 Å². The van der Waals surface area contributed by atoms with Crippen molar-refractivity contribution >= 4 is 0 Å². The molecule has 0 saturated heterocycles. The zero-order valence-corrected chi connectivity index (χ0v) is 5.77. The SMILES string of the molecule is C=C1C=C(C)C=C(C)O1. The summed E-state index contributed by atoms with van der Waals surface area (Å²) in [6.45, 7) is 7.62. The van der Waals surface area contributed by atoms with Gasteiger partial charge in [0.25, 0.3) is 0 Å². The van der Waals surface area contributed by atoms with Crippen LogP contribution in [-0.2, 0) is 4.74 Å². The zero-order chi connectivity index (χ0) is 6.85. The molecule has 0 aromatic heterocycles. The van der Waals surface area contributed by atoms with Crippen LogP contribution in [0.15, 0.2) is 35.8 Å². The molecular formula is C8H10O. The Labute approximate surface area is 55.3 Å². The van der Waals surface area contributed by atoms with E-state index in [0.717, 1.165) is 11.5 Å². The summed E-state index contributed by atoms with van der Waals surface area (Å²) in [6.07, 6.45) is 3.89. The van der Waals surface area contributed by atoms with Crippen molar-refractivity contribution in [2.24, 2.45) is 0 Å². The Kier molecular flexibility index (Phi) is 1.43. The molecule has 0 aliphatic carbocycles. The van der Waals surface area contributed by atoms with Crippen LogP contribution in [0.4, 0.5) is 0 Å². The predicted molar refractivity (Wildman–Crippen MR) is 37.7 cm³/mol. The zero-order valence-electron chi connectivity index (χ0n) is 5.77. The summed E-state index contributed by atoms with van der Waals surface area (Å²) in [5.41, 5.74) is 1.20. The van der Waals surface area contributed by atoms with Gasteiger partial charge in [0.05, 0.1) is 0 Å². The molecule has 0 N–H and O–H groups in total. The molecule has 9 heavy (non-hydrogen) atoms. The van der Waals surface area contributed by atoms with Crippen LogP contribution >= 0.6 is 0 Å². The van der Waals surface area contributed by atoms with Crippen LogP contribution in [0.2, 0.25) is 0 Å². The number of hydrogen-bond acceptors (Lipinski definition) is 1. The van der Waals surface area contributed by atoms with Crippen molar-refractivity contribution in [1.29, 1.82) is 0 Å². The molecule has 0 atom stereocenters. The van der Waals surface area contributed by atoms with Crippen LogP contribution in [0.3, 0.4) is 0 Å². The Morgan fingerprint density at radius 1 is 1.33 bits per heavy atom. The number of hydrogen-bond donors (Lipinski definition) is 0. The molecule has 1 heterocycles. The highest BCUT2D eigenvalue weighted by molar-refractivity contribution is 5.30. The maximum atomic E-state index is 5.15. The quantitative estimate of drug-likeness (QED) is 0.479. The van der Waals surface area contributed by atoms with Crippen LogP contribution < -0.4 is 0 Å². The molecule has 48 valence electrons. The average molecular weight is 122 g/mol. The van der Waals surface area contributed by atoms with E-state index in [0.29, 0.717) is 0 Å². The van der Waals surface area contributed by atoms with Crippen LogP contribution in [0.25, 0.3) is 0 Å². The second-order valence-corrected chi connectivity index (χ2v) is 2.21. The van der Waals surface area contributed by atoms with Gasteiger partial charge in [0.15, 0.2) is 0 Å². The average Bonchev–Trinajstić information content (AvgIpc) is 1.59. The van der Waals surface area contributed by atoms with E-state index >= 15 is 0 Å². The van der Waals surface area contributed by atoms with E-state index in [-0.39, 0.29) is 0 Å². The van der Waals surface area contributed by atoms with E-state index in [4.69, 9.17) is 4.74 Å². The summed E-state index contributed by atoms with van der Waals surface area (Å²) in [5, 5.41) is 0. The van der Waals surface area contributed by atoms with Crippen molar-refractivity contribution in [2.75, 3.05) is 0 Å². The second kappa shape index (κ2) is 2.09. The van der Waals surface area contributed by atoms with Crippen LogP contribution in [0.5, 0.6) is 0 Å². The van der Waals surface area contributed by atoms with Gasteiger partial charge in [-0.25, -0.2) is 0 Å². The predicted octanol–water partition coefficient (Wildman–Crippen LogP) is 2.38. The fourth-order valence-corrected chi connectivity index (χ4v) is 0.882. The lowest BCUT2D eigenvalue weighted by Crippen LogP contribution is -1.92. The summed E-state index contributed by atoms with van der Waals surface area (Å²) in [7, 11) is 0. The lowest BCUT2D eigenvalue weighted by molar-refractivity contribution is 0.319. The smallest absolute Gasteiger partial charge is 0.120 e. The molecule has 0 fully saturated rings. The summed E-state index contributed by atoms with van der Waals surface area (Å²) in [6, 6.07) is 0. The van der Waals surface area contributed by atoms with E-state index < -0.39 is 0 Å². The summed E-state index contributed by atoms with van der Waals surface area (Å²) < 4.78 is 5.15. The third-order valence-corrected chi connectivity index (χ3v) is 1.11. The maximum Gasteiger partial charge on any atom is 0.120 e. The van der Waals surface area contributed by atoms with Crippen LogP contribution in [0, 0.1) is 0 Å². The van der Waals surface area contributed by atoms with Gasteiger partial charge in [-0.2, -0.15) is 0 Å². The molecule has 1 nitrogen and oxygen atoms in total. The van der Waals surface area contributed by atoms with E-state index in [9.17, 15) is 0 Å². The van der Waals surface area contributed by atoms with Crippen LogP contribution in [-0.4, -0.2) is 0 Å². The van der Waals surface area contributed by atoms with Crippen molar-refractivity contribution in [1.82, 2.24) is 0 Å². The van der Waals surface area contributed by atoms with Gasteiger partial charge < -0.3 is 4.74 Å². The van der Waals surface area contributed by atoms with Crippen molar-refractivity contribution in [3.8, 4) is 0 Å². The third kappa shape index (κ3) is 1.46. The highest BCUT2D eigenvalue weighted by atomic mass is 16.5. The first-order valence-corrected chi connectivity index (χ1v) is 2.92. The largest absolute Gasteiger partial charge is 0.463 e. The number of allylic oxidation sites excluding steroid dienone is 4. The Morgan fingerprint density at radius 2 is 2.00 bits per heavy atom. The lowest BCUT2D eigenvalue weighted by Gasteiger charge is -2.10. The van der Waals surface area contributed by atoms with E-state index in [1.165, 1.54) is 5.57 Å². The summed E-state index contributed by atoms with van der Waals surface area (Å²) in [5.74, 6) is 1.65. The van der Waals surface area contributed by atoms with Gasteiger partial charge in [-0.15, -0.1) is 0 Å². The van der Waals surface area contributed by atoms with Gasteiger partial charge >= 0.3 is 0 Å². The minimum Gasteiger partial charge on any atom is -0.463 e. The van der Waals surface area contributed by atoms with Gasteiger partial charge in [-0.3, -0.25) is 0 Å². The molecule has 1 rings (SSSR count).